The zero-order valence-corrected chi connectivity index (χ0v) is 16.8. The first-order valence-electron chi connectivity index (χ1n) is 8.59. The monoisotopic (exact) mass is 399 g/mol. The van der Waals surface area contributed by atoms with E-state index >= 15 is 0 Å². The number of hydrogen-bond donors (Lipinski definition) is 0. The highest BCUT2D eigenvalue weighted by molar-refractivity contribution is 6.13. The minimum absolute atomic E-state index is 0.132. The SMILES string of the molecule is COc1ccc(/C=C2\N=C(c3cc(OC)c(OC)c(OC)c3)OC2=O)c(OC)c1. The van der Waals surface area contributed by atoms with E-state index < -0.39 is 5.97 Å². The highest BCUT2D eigenvalue weighted by Crippen LogP contribution is 2.39. The average Bonchev–Trinajstić information content (AvgIpc) is 3.12. The van der Waals surface area contributed by atoms with E-state index in [4.69, 9.17) is 28.4 Å². The lowest BCUT2D eigenvalue weighted by molar-refractivity contribution is -0.129. The number of carbonyl (C=O) groups is 1. The van der Waals surface area contributed by atoms with E-state index in [1.807, 2.05) is 0 Å². The molecule has 2 aromatic rings. The summed E-state index contributed by atoms with van der Waals surface area (Å²) in [4.78, 5) is 16.7. The lowest BCUT2D eigenvalue weighted by Gasteiger charge is -2.13. The molecule has 0 aromatic heterocycles. The third-order valence-electron chi connectivity index (χ3n) is 4.27. The van der Waals surface area contributed by atoms with Crippen LogP contribution < -0.4 is 23.7 Å². The fourth-order valence-corrected chi connectivity index (χ4v) is 2.82. The van der Waals surface area contributed by atoms with Crippen molar-refractivity contribution in [3.05, 3.63) is 47.2 Å². The van der Waals surface area contributed by atoms with E-state index in [0.29, 0.717) is 39.9 Å². The van der Waals surface area contributed by atoms with E-state index in [0.717, 1.165) is 0 Å². The Kier molecular flexibility index (Phi) is 5.92. The first-order valence-corrected chi connectivity index (χ1v) is 8.59. The summed E-state index contributed by atoms with van der Waals surface area (Å²) >= 11 is 0. The largest absolute Gasteiger partial charge is 0.497 e. The van der Waals surface area contributed by atoms with Gasteiger partial charge in [-0.2, -0.15) is 0 Å². The second-order valence-electron chi connectivity index (χ2n) is 5.86. The topological polar surface area (TPSA) is 84.8 Å². The number of methoxy groups -OCH3 is 5. The van der Waals surface area contributed by atoms with Crippen LogP contribution in [0.1, 0.15) is 11.1 Å². The average molecular weight is 399 g/mol. The van der Waals surface area contributed by atoms with E-state index in [2.05, 4.69) is 4.99 Å². The minimum Gasteiger partial charge on any atom is -0.497 e. The summed E-state index contributed by atoms with van der Waals surface area (Å²) in [6.07, 6.45) is 1.59. The first-order chi connectivity index (χ1) is 14.0. The molecular weight excluding hydrogens is 378 g/mol. The molecule has 0 unspecified atom stereocenters. The summed E-state index contributed by atoms with van der Waals surface area (Å²) in [5.74, 6) is 2.02. The Balaban J connectivity index is 2.02. The molecule has 0 N–H and O–H groups in total. The van der Waals surface area contributed by atoms with E-state index in [1.54, 1.807) is 43.5 Å². The zero-order chi connectivity index (χ0) is 21.0. The van der Waals surface area contributed by atoms with Gasteiger partial charge < -0.3 is 28.4 Å². The first kappa shape index (κ1) is 20.1. The minimum atomic E-state index is -0.577. The standard InChI is InChI=1S/C21H21NO7/c1-24-14-7-6-12(16(11-14)25-2)8-15-21(23)29-20(22-15)13-9-17(26-3)19(28-5)18(10-13)27-4/h6-11H,1-5H3/b15-8-. The molecule has 0 saturated heterocycles. The fourth-order valence-electron chi connectivity index (χ4n) is 2.82. The maximum Gasteiger partial charge on any atom is 0.363 e. The maximum atomic E-state index is 12.4. The van der Waals surface area contributed by atoms with Gasteiger partial charge in [-0.15, -0.1) is 0 Å². The highest BCUT2D eigenvalue weighted by atomic mass is 16.6. The Labute approximate surface area is 168 Å². The molecular formula is C21H21NO7. The van der Waals surface area contributed by atoms with Crippen molar-refractivity contribution >= 4 is 17.9 Å². The molecule has 8 nitrogen and oxygen atoms in total. The number of esters is 1. The molecule has 29 heavy (non-hydrogen) atoms. The zero-order valence-electron chi connectivity index (χ0n) is 16.8. The van der Waals surface area contributed by atoms with Crippen LogP contribution in [-0.4, -0.2) is 47.4 Å². The van der Waals surface area contributed by atoms with Crippen molar-refractivity contribution < 1.29 is 33.2 Å². The predicted octanol–water partition coefficient (Wildman–Crippen LogP) is 3.07. The lowest BCUT2D eigenvalue weighted by atomic mass is 10.1. The summed E-state index contributed by atoms with van der Waals surface area (Å²) in [6, 6.07) is 8.56. The fraction of sp³-hybridized carbons (Fsp3) is 0.238. The smallest absolute Gasteiger partial charge is 0.363 e. The van der Waals surface area contributed by atoms with Gasteiger partial charge in [-0.1, -0.05) is 0 Å². The van der Waals surface area contributed by atoms with Crippen LogP contribution in [0, 0.1) is 0 Å². The molecule has 2 aromatic carbocycles. The number of aliphatic imine (C=N–C) groups is 1. The summed E-state index contributed by atoms with van der Waals surface area (Å²) in [7, 11) is 7.62. The Morgan fingerprint density at radius 2 is 1.48 bits per heavy atom. The summed E-state index contributed by atoms with van der Waals surface area (Å²) in [5, 5.41) is 0. The molecule has 1 aliphatic rings. The Hall–Kier alpha value is -3.68. The number of benzene rings is 2. The van der Waals surface area contributed by atoms with Crippen molar-refractivity contribution in [1.29, 1.82) is 0 Å². The van der Waals surface area contributed by atoms with Crippen molar-refractivity contribution in [2.24, 2.45) is 4.99 Å². The third kappa shape index (κ3) is 3.96. The summed E-state index contributed by atoms with van der Waals surface area (Å²) in [5.41, 5.74) is 1.31. The van der Waals surface area contributed by atoms with Gasteiger partial charge in [-0.05, 0) is 30.3 Å². The second kappa shape index (κ2) is 8.55. The van der Waals surface area contributed by atoms with E-state index in [1.165, 1.54) is 28.4 Å². The maximum absolute atomic E-state index is 12.4. The quantitative estimate of drug-likeness (QED) is 0.522. The van der Waals surface area contributed by atoms with Crippen LogP contribution in [0.15, 0.2) is 41.0 Å². The number of nitrogens with zero attached hydrogens (tertiary/aromatic N) is 1. The van der Waals surface area contributed by atoms with Gasteiger partial charge in [0.25, 0.3) is 0 Å². The van der Waals surface area contributed by atoms with Crippen molar-refractivity contribution in [1.82, 2.24) is 0 Å². The number of hydrogen-bond acceptors (Lipinski definition) is 8. The van der Waals surface area contributed by atoms with Crippen LogP contribution in [0.4, 0.5) is 0 Å². The molecule has 0 spiro atoms. The molecule has 1 aliphatic heterocycles. The Morgan fingerprint density at radius 3 is 2.03 bits per heavy atom. The predicted molar refractivity (Wildman–Crippen MR) is 106 cm³/mol. The van der Waals surface area contributed by atoms with Crippen molar-refractivity contribution in [3.63, 3.8) is 0 Å². The molecule has 0 atom stereocenters. The van der Waals surface area contributed by atoms with Gasteiger partial charge in [0.1, 0.15) is 11.5 Å². The normalized spacial score (nSPS) is 14.3. The van der Waals surface area contributed by atoms with Gasteiger partial charge in [0.2, 0.25) is 11.6 Å². The van der Waals surface area contributed by atoms with Gasteiger partial charge in [-0.3, -0.25) is 0 Å². The van der Waals surface area contributed by atoms with Crippen LogP contribution in [0.5, 0.6) is 28.7 Å². The molecule has 1 heterocycles. The number of cyclic esters (lactones) is 1. The van der Waals surface area contributed by atoms with Gasteiger partial charge in [0, 0.05) is 17.2 Å². The van der Waals surface area contributed by atoms with Crippen molar-refractivity contribution in [3.8, 4) is 28.7 Å². The number of carbonyl (C=O) groups excluding carboxylic acids is 1. The van der Waals surface area contributed by atoms with Gasteiger partial charge in [0.15, 0.2) is 17.2 Å². The van der Waals surface area contributed by atoms with Crippen molar-refractivity contribution in [2.45, 2.75) is 0 Å². The molecule has 8 heteroatoms. The number of rotatable bonds is 7. The molecule has 0 aliphatic carbocycles. The summed E-state index contributed by atoms with van der Waals surface area (Å²) in [6.45, 7) is 0. The van der Waals surface area contributed by atoms with E-state index in [-0.39, 0.29) is 11.6 Å². The van der Waals surface area contributed by atoms with Gasteiger partial charge in [-0.25, -0.2) is 9.79 Å². The van der Waals surface area contributed by atoms with Gasteiger partial charge >= 0.3 is 5.97 Å². The molecule has 0 saturated carbocycles. The Bertz CT molecular complexity index is 970. The van der Waals surface area contributed by atoms with Crippen LogP contribution >= 0.6 is 0 Å². The summed E-state index contributed by atoms with van der Waals surface area (Å²) < 4.78 is 31.9. The molecule has 3 rings (SSSR count). The number of ether oxygens (including phenoxy) is 6. The highest BCUT2D eigenvalue weighted by Gasteiger charge is 2.27. The van der Waals surface area contributed by atoms with E-state index in [9.17, 15) is 4.79 Å². The molecule has 0 bridgehead atoms. The lowest BCUT2D eigenvalue weighted by Crippen LogP contribution is -2.07. The van der Waals surface area contributed by atoms with Crippen molar-refractivity contribution in [2.75, 3.05) is 35.5 Å². The van der Waals surface area contributed by atoms with Crippen LogP contribution in [0.25, 0.3) is 6.08 Å². The van der Waals surface area contributed by atoms with Gasteiger partial charge in [0.05, 0.1) is 35.5 Å². The molecule has 0 fully saturated rings. The third-order valence-corrected chi connectivity index (χ3v) is 4.27. The van der Waals surface area contributed by atoms with Crippen LogP contribution in [-0.2, 0) is 9.53 Å². The molecule has 0 amide bonds. The Morgan fingerprint density at radius 1 is 0.828 bits per heavy atom. The van der Waals surface area contributed by atoms with Crippen LogP contribution in [0.2, 0.25) is 0 Å². The molecule has 152 valence electrons. The van der Waals surface area contributed by atoms with Crippen LogP contribution in [0.3, 0.4) is 0 Å². The second-order valence-corrected chi connectivity index (χ2v) is 5.86. The molecule has 0 radical (unpaired) electrons.